The molecular weight excluding hydrogens is 204 g/mol. The summed E-state index contributed by atoms with van der Waals surface area (Å²) in [7, 11) is 0. The molecule has 0 spiro atoms. The van der Waals surface area contributed by atoms with E-state index in [1.54, 1.807) is 0 Å². The van der Waals surface area contributed by atoms with Crippen molar-refractivity contribution >= 4 is 17.3 Å². The average Bonchev–Trinajstić information content (AvgIpc) is 2.86. The predicted octanol–water partition coefficient (Wildman–Crippen LogP) is 2.83. The standard InChI is InChI=1S/C12H24N2S/c1-9(2)5-4-6-10(3)13-12(15)14-11-7-8-11/h9-11H,4-8H2,1-3H3,(H2,13,14,15). The van der Waals surface area contributed by atoms with E-state index < -0.39 is 0 Å². The molecule has 15 heavy (non-hydrogen) atoms. The Morgan fingerprint density at radius 3 is 2.47 bits per heavy atom. The molecule has 2 nitrogen and oxygen atoms in total. The summed E-state index contributed by atoms with van der Waals surface area (Å²) in [4.78, 5) is 0. The summed E-state index contributed by atoms with van der Waals surface area (Å²) >= 11 is 5.23. The van der Waals surface area contributed by atoms with Crippen molar-refractivity contribution in [3.05, 3.63) is 0 Å². The van der Waals surface area contributed by atoms with Crippen molar-refractivity contribution in [3.63, 3.8) is 0 Å². The van der Waals surface area contributed by atoms with Gasteiger partial charge < -0.3 is 10.6 Å². The van der Waals surface area contributed by atoms with Crippen molar-refractivity contribution < 1.29 is 0 Å². The van der Waals surface area contributed by atoms with Crippen LogP contribution in [0.4, 0.5) is 0 Å². The molecule has 0 aromatic carbocycles. The van der Waals surface area contributed by atoms with Crippen molar-refractivity contribution in [1.29, 1.82) is 0 Å². The largest absolute Gasteiger partial charge is 0.360 e. The minimum absolute atomic E-state index is 0.502. The quantitative estimate of drug-likeness (QED) is 0.684. The van der Waals surface area contributed by atoms with Crippen LogP contribution in [0.2, 0.25) is 0 Å². The lowest BCUT2D eigenvalue weighted by Crippen LogP contribution is -2.41. The third-order valence-electron chi connectivity index (χ3n) is 2.71. The molecule has 0 heterocycles. The number of hydrogen-bond acceptors (Lipinski definition) is 1. The second-order valence-electron chi connectivity index (χ2n) is 5.12. The molecule has 2 N–H and O–H groups in total. The van der Waals surface area contributed by atoms with Gasteiger partial charge in [0.25, 0.3) is 0 Å². The first-order valence-corrected chi connectivity index (χ1v) is 6.55. The van der Waals surface area contributed by atoms with E-state index in [4.69, 9.17) is 12.2 Å². The topological polar surface area (TPSA) is 24.1 Å². The minimum Gasteiger partial charge on any atom is -0.360 e. The maximum Gasteiger partial charge on any atom is 0.166 e. The van der Waals surface area contributed by atoms with E-state index in [0.29, 0.717) is 12.1 Å². The first-order chi connectivity index (χ1) is 7.08. The van der Waals surface area contributed by atoms with Gasteiger partial charge in [-0.15, -0.1) is 0 Å². The summed E-state index contributed by atoms with van der Waals surface area (Å²) in [5.74, 6) is 0.814. The molecule has 0 aromatic rings. The molecule has 0 radical (unpaired) electrons. The third-order valence-corrected chi connectivity index (χ3v) is 2.94. The van der Waals surface area contributed by atoms with Crippen LogP contribution in [0.15, 0.2) is 0 Å². The van der Waals surface area contributed by atoms with Crippen LogP contribution >= 0.6 is 12.2 Å². The lowest BCUT2D eigenvalue weighted by atomic mass is 10.0. The molecular formula is C12H24N2S. The number of rotatable bonds is 6. The molecule has 1 rings (SSSR count). The summed E-state index contributed by atoms with van der Waals surface area (Å²) in [5, 5.41) is 7.49. The van der Waals surface area contributed by atoms with Crippen LogP contribution in [0.5, 0.6) is 0 Å². The molecule has 1 unspecified atom stereocenters. The van der Waals surface area contributed by atoms with Gasteiger partial charge in [0.2, 0.25) is 0 Å². The first-order valence-electron chi connectivity index (χ1n) is 6.15. The van der Waals surface area contributed by atoms with E-state index in [1.165, 1.54) is 32.1 Å². The van der Waals surface area contributed by atoms with E-state index in [2.05, 4.69) is 31.4 Å². The van der Waals surface area contributed by atoms with Crippen LogP contribution < -0.4 is 10.6 Å². The van der Waals surface area contributed by atoms with Gasteiger partial charge >= 0.3 is 0 Å². The van der Waals surface area contributed by atoms with Gasteiger partial charge in [-0.3, -0.25) is 0 Å². The zero-order valence-electron chi connectivity index (χ0n) is 10.2. The average molecular weight is 228 g/mol. The molecule has 1 aliphatic rings. The second kappa shape index (κ2) is 6.31. The second-order valence-corrected chi connectivity index (χ2v) is 5.53. The molecule has 1 atom stereocenters. The van der Waals surface area contributed by atoms with Crippen molar-refractivity contribution in [2.24, 2.45) is 5.92 Å². The van der Waals surface area contributed by atoms with Crippen molar-refractivity contribution in [2.75, 3.05) is 0 Å². The fraction of sp³-hybridized carbons (Fsp3) is 0.917. The van der Waals surface area contributed by atoms with Crippen LogP contribution in [-0.2, 0) is 0 Å². The van der Waals surface area contributed by atoms with Gasteiger partial charge in [0.05, 0.1) is 0 Å². The normalized spacial score (nSPS) is 17.6. The first kappa shape index (κ1) is 12.8. The van der Waals surface area contributed by atoms with E-state index in [-0.39, 0.29) is 0 Å². The lowest BCUT2D eigenvalue weighted by Gasteiger charge is -2.17. The smallest absolute Gasteiger partial charge is 0.166 e. The van der Waals surface area contributed by atoms with E-state index in [9.17, 15) is 0 Å². The van der Waals surface area contributed by atoms with E-state index in [1.807, 2.05) is 0 Å². The highest BCUT2D eigenvalue weighted by Crippen LogP contribution is 2.18. The van der Waals surface area contributed by atoms with Crippen LogP contribution in [0.3, 0.4) is 0 Å². The van der Waals surface area contributed by atoms with Crippen LogP contribution in [0.25, 0.3) is 0 Å². The zero-order valence-corrected chi connectivity index (χ0v) is 11.0. The maximum absolute atomic E-state index is 5.23. The molecule has 0 bridgehead atoms. The Kier molecular flexibility index (Phi) is 5.37. The highest BCUT2D eigenvalue weighted by atomic mass is 32.1. The lowest BCUT2D eigenvalue weighted by molar-refractivity contribution is 0.493. The predicted molar refractivity (Wildman–Crippen MR) is 70.0 cm³/mol. The van der Waals surface area contributed by atoms with Crippen molar-refractivity contribution in [2.45, 2.75) is 65.0 Å². The van der Waals surface area contributed by atoms with Gasteiger partial charge in [0, 0.05) is 12.1 Å². The van der Waals surface area contributed by atoms with Crippen LogP contribution in [-0.4, -0.2) is 17.2 Å². The Labute approximate surface area is 99.2 Å². The van der Waals surface area contributed by atoms with Crippen LogP contribution in [0.1, 0.15) is 52.9 Å². The third kappa shape index (κ3) is 6.72. The molecule has 0 amide bonds. The summed E-state index contributed by atoms with van der Waals surface area (Å²) < 4.78 is 0. The monoisotopic (exact) mass is 228 g/mol. The van der Waals surface area contributed by atoms with Gasteiger partial charge in [0.15, 0.2) is 5.11 Å². The fourth-order valence-electron chi connectivity index (χ4n) is 1.58. The van der Waals surface area contributed by atoms with Gasteiger partial charge in [0.1, 0.15) is 0 Å². The Balaban J connectivity index is 2.00. The summed E-state index contributed by atoms with van der Waals surface area (Å²) in [6.07, 6.45) is 6.38. The zero-order chi connectivity index (χ0) is 11.3. The van der Waals surface area contributed by atoms with Crippen molar-refractivity contribution in [1.82, 2.24) is 10.6 Å². The molecule has 0 aliphatic heterocycles. The molecule has 88 valence electrons. The van der Waals surface area contributed by atoms with Gasteiger partial charge in [-0.05, 0) is 44.3 Å². The molecule has 1 aliphatic carbocycles. The Hall–Kier alpha value is -0.310. The highest BCUT2D eigenvalue weighted by molar-refractivity contribution is 7.80. The number of hydrogen-bond donors (Lipinski definition) is 2. The Bertz CT molecular complexity index is 200. The van der Waals surface area contributed by atoms with Crippen molar-refractivity contribution in [3.8, 4) is 0 Å². The van der Waals surface area contributed by atoms with E-state index >= 15 is 0 Å². The molecule has 1 saturated carbocycles. The summed E-state index contributed by atoms with van der Waals surface area (Å²) in [5.41, 5.74) is 0. The fourth-order valence-corrected chi connectivity index (χ4v) is 1.95. The Morgan fingerprint density at radius 2 is 1.93 bits per heavy atom. The highest BCUT2D eigenvalue weighted by Gasteiger charge is 2.21. The van der Waals surface area contributed by atoms with Crippen LogP contribution in [0, 0.1) is 5.92 Å². The van der Waals surface area contributed by atoms with E-state index in [0.717, 1.165) is 11.0 Å². The summed E-state index contributed by atoms with van der Waals surface area (Å²) in [6, 6.07) is 1.16. The molecule has 1 fully saturated rings. The SMILES string of the molecule is CC(C)CCCC(C)NC(=S)NC1CC1. The van der Waals surface area contributed by atoms with Gasteiger partial charge in [-0.1, -0.05) is 26.7 Å². The molecule has 0 saturated heterocycles. The number of thiocarbonyl (C=S) groups is 1. The number of nitrogens with one attached hydrogen (secondary N) is 2. The summed E-state index contributed by atoms with van der Waals surface area (Å²) in [6.45, 7) is 6.76. The minimum atomic E-state index is 0.502. The van der Waals surface area contributed by atoms with Gasteiger partial charge in [-0.25, -0.2) is 0 Å². The maximum atomic E-state index is 5.23. The molecule has 0 aromatic heterocycles. The molecule has 3 heteroatoms. The Morgan fingerprint density at radius 1 is 1.27 bits per heavy atom. The van der Waals surface area contributed by atoms with Gasteiger partial charge in [-0.2, -0.15) is 0 Å².